The first kappa shape index (κ1) is 38.1. The first-order valence-corrected chi connectivity index (χ1v) is 19.6. The summed E-state index contributed by atoms with van der Waals surface area (Å²) < 4.78 is 51.6. The van der Waals surface area contributed by atoms with Crippen LogP contribution in [-0.4, -0.2) is 38.5 Å². The van der Waals surface area contributed by atoms with E-state index in [0.717, 1.165) is 60.8 Å². The molecule has 4 rings (SSSR count). The van der Waals surface area contributed by atoms with Crippen molar-refractivity contribution in [1.82, 2.24) is 9.66 Å². The molecule has 0 aromatic heterocycles. The van der Waals surface area contributed by atoms with E-state index in [-0.39, 0.29) is 21.3 Å². The lowest BCUT2D eigenvalue weighted by atomic mass is 9.99. The van der Waals surface area contributed by atoms with Crippen molar-refractivity contribution in [2.45, 2.75) is 88.9 Å². The number of rotatable bonds is 17. The van der Waals surface area contributed by atoms with E-state index in [9.17, 15) is 27.0 Å². The van der Waals surface area contributed by atoms with Gasteiger partial charge in [0, 0.05) is 11.1 Å². The molecule has 4 aromatic carbocycles. The van der Waals surface area contributed by atoms with Gasteiger partial charge in [-0.2, -0.15) is 36.7 Å². The Hall–Kier alpha value is -4.68. The Morgan fingerprint density at radius 2 is 0.820 bits per heavy atom. The number of sulfonamides is 2. The second-order valence-electron chi connectivity index (χ2n) is 12.6. The van der Waals surface area contributed by atoms with Crippen LogP contribution in [-0.2, 0) is 20.0 Å². The number of hydrogen-bond donors (Lipinski definition) is 4. The van der Waals surface area contributed by atoms with Gasteiger partial charge in [-0.3, -0.25) is 0 Å². The monoisotopic (exact) mass is 718 g/mol. The number of phenols is 2. The lowest BCUT2D eigenvalue weighted by Gasteiger charge is -2.12. The summed E-state index contributed by atoms with van der Waals surface area (Å²) in [5.41, 5.74) is 5.59. The van der Waals surface area contributed by atoms with Crippen molar-refractivity contribution in [3.8, 4) is 11.5 Å². The third-order valence-corrected chi connectivity index (χ3v) is 10.7. The number of hydrogen-bond acceptors (Lipinski definition) is 8. The van der Waals surface area contributed by atoms with Gasteiger partial charge in [-0.1, -0.05) is 84.3 Å². The Morgan fingerprint density at radius 1 is 0.500 bits per heavy atom. The summed E-state index contributed by atoms with van der Waals surface area (Å²) in [6, 6.07) is 23.3. The van der Waals surface area contributed by atoms with Crippen LogP contribution >= 0.6 is 0 Å². The van der Waals surface area contributed by atoms with E-state index in [0.29, 0.717) is 35.4 Å². The number of phenolic OH excluding ortho intramolecular Hbond substituents is 2. The maximum Gasteiger partial charge on any atom is 0.276 e. The minimum atomic E-state index is -3.89. The summed E-state index contributed by atoms with van der Waals surface area (Å²) in [7, 11) is -7.78. The molecule has 0 amide bonds. The van der Waals surface area contributed by atoms with Gasteiger partial charge in [0.15, 0.2) is 0 Å². The van der Waals surface area contributed by atoms with Crippen LogP contribution in [0.4, 0.5) is 0 Å². The molecule has 10 nitrogen and oxygen atoms in total. The first-order chi connectivity index (χ1) is 23.7. The summed E-state index contributed by atoms with van der Waals surface area (Å²) in [5, 5.41) is 29.7. The third-order valence-electron chi connectivity index (χ3n) is 8.27. The molecule has 12 heteroatoms. The SMILES string of the molecule is Cc1ccc(S(=O)(=O)NN=C(CCCCCCCCC(=NNS(=O)(=O)c2ccc(C)cc2)c2cc(C)ccc2O)c2cc(C)ccc2O)cc1. The fourth-order valence-electron chi connectivity index (χ4n) is 5.33. The zero-order chi connectivity index (χ0) is 36.3. The number of aryl methyl sites for hydroxylation is 4. The average Bonchev–Trinajstić information content (AvgIpc) is 3.08. The molecule has 266 valence electrons. The molecule has 0 spiro atoms. The number of nitrogens with one attached hydrogen (secondary N) is 2. The molecule has 0 radical (unpaired) electrons. The molecule has 50 heavy (non-hydrogen) atoms. The minimum Gasteiger partial charge on any atom is -0.507 e. The summed E-state index contributed by atoms with van der Waals surface area (Å²) in [6.45, 7) is 7.55. The van der Waals surface area contributed by atoms with Crippen molar-refractivity contribution in [1.29, 1.82) is 0 Å². The second kappa shape index (κ2) is 17.3. The first-order valence-electron chi connectivity index (χ1n) is 16.7. The molecule has 0 saturated heterocycles. The summed E-state index contributed by atoms with van der Waals surface area (Å²) in [5.74, 6) is 0.0595. The number of nitrogens with zero attached hydrogens (tertiary/aromatic N) is 2. The zero-order valence-electron chi connectivity index (χ0n) is 29.0. The predicted octanol–water partition coefficient (Wildman–Crippen LogP) is 7.52. The topological polar surface area (TPSA) is 158 Å². The lowest BCUT2D eigenvalue weighted by molar-refractivity contribution is 0.473. The average molecular weight is 719 g/mol. The van der Waals surface area contributed by atoms with E-state index >= 15 is 0 Å². The van der Waals surface area contributed by atoms with Gasteiger partial charge in [-0.15, -0.1) is 0 Å². The summed E-state index contributed by atoms with van der Waals surface area (Å²) in [4.78, 5) is 4.91. The Bertz CT molecular complexity index is 1890. The molecule has 4 aromatic rings. The molecule has 0 fully saturated rings. The minimum absolute atomic E-state index is 0.0298. The Kier molecular flexibility index (Phi) is 13.2. The van der Waals surface area contributed by atoms with Gasteiger partial charge in [0.05, 0.1) is 21.2 Å². The molecule has 0 heterocycles. The van der Waals surface area contributed by atoms with Crippen molar-refractivity contribution in [3.63, 3.8) is 0 Å². The van der Waals surface area contributed by atoms with Crippen molar-refractivity contribution in [3.05, 3.63) is 118 Å². The highest BCUT2D eigenvalue weighted by molar-refractivity contribution is 7.89. The van der Waals surface area contributed by atoms with Crippen LogP contribution < -0.4 is 9.66 Å². The Balaban J connectivity index is 1.35. The van der Waals surface area contributed by atoms with Gasteiger partial charge in [0.25, 0.3) is 20.0 Å². The van der Waals surface area contributed by atoms with Gasteiger partial charge < -0.3 is 10.2 Å². The molecule has 0 aliphatic heterocycles. The van der Waals surface area contributed by atoms with E-state index in [1.54, 1.807) is 60.7 Å². The van der Waals surface area contributed by atoms with Gasteiger partial charge in [-0.05, 0) is 102 Å². The quantitative estimate of drug-likeness (QED) is 0.0503. The van der Waals surface area contributed by atoms with Crippen LogP contribution in [0.2, 0.25) is 0 Å². The fourth-order valence-corrected chi connectivity index (χ4v) is 6.99. The summed E-state index contributed by atoms with van der Waals surface area (Å²) >= 11 is 0. The van der Waals surface area contributed by atoms with Crippen LogP contribution in [0.25, 0.3) is 0 Å². The number of aromatic hydroxyl groups is 2. The van der Waals surface area contributed by atoms with Gasteiger partial charge in [0.1, 0.15) is 11.5 Å². The third kappa shape index (κ3) is 10.9. The van der Waals surface area contributed by atoms with Gasteiger partial charge in [-0.25, -0.2) is 0 Å². The van der Waals surface area contributed by atoms with Crippen molar-refractivity contribution < 1.29 is 27.0 Å². The van der Waals surface area contributed by atoms with E-state index in [1.165, 1.54) is 24.3 Å². The smallest absolute Gasteiger partial charge is 0.276 e. The van der Waals surface area contributed by atoms with E-state index in [4.69, 9.17) is 0 Å². The zero-order valence-corrected chi connectivity index (χ0v) is 30.6. The molecule has 4 N–H and O–H groups in total. The van der Waals surface area contributed by atoms with E-state index < -0.39 is 20.0 Å². The second-order valence-corrected chi connectivity index (χ2v) is 15.9. The van der Waals surface area contributed by atoms with Crippen LogP contribution in [0, 0.1) is 27.7 Å². The van der Waals surface area contributed by atoms with Crippen LogP contribution in [0.3, 0.4) is 0 Å². The molecule has 0 atom stereocenters. The lowest BCUT2D eigenvalue weighted by Crippen LogP contribution is -2.21. The Labute approximate surface area is 296 Å². The standard InChI is InChI=1S/C38H46N4O6S2/c1-27-13-19-31(20-14-27)49(45,46)41-39-35(33-25-29(3)17-23-37(33)43)11-9-7-5-6-8-10-12-36(34-26-30(4)18-24-38(34)44)40-42-50(47,48)32-21-15-28(2)16-22-32/h13-26,41-44H,5-12H2,1-4H3. The number of unbranched alkanes of at least 4 members (excludes halogenated alkanes) is 5. The largest absolute Gasteiger partial charge is 0.507 e. The Morgan fingerprint density at radius 3 is 1.18 bits per heavy atom. The number of hydrazone groups is 2. The predicted molar refractivity (Wildman–Crippen MR) is 199 cm³/mol. The maximum absolute atomic E-state index is 12.9. The molecule has 0 saturated carbocycles. The molecule has 0 aliphatic rings. The maximum atomic E-state index is 12.9. The highest BCUT2D eigenvalue weighted by Crippen LogP contribution is 2.24. The van der Waals surface area contributed by atoms with Crippen LogP contribution in [0.15, 0.2) is 105 Å². The van der Waals surface area contributed by atoms with Gasteiger partial charge in [0.2, 0.25) is 0 Å². The van der Waals surface area contributed by atoms with E-state index in [2.05, 4.69) is 19.9 Å². The number of benzene rings is 4. The van der Waals surface area contributed by atoms with Crippen molar-refractivity contribution >= 4 is 31.5 Å². The normalized spacial score (nSPS) is 12.6. The molecule has 0 unspecified atom stereocenters. The highest BCUT2D eigenvalue weighted by atomic mass is 32.2. The van der Waals surface area contributed by atoms with Crippen molar-refractivity contribution in [2.24, 2.45) is 10.2 Å². The molecule has 0 aliphatic carbocycles. The van der Waals surface area contributed by atoms with Gasteiger partial charge >= 0.3 is 0 Å². The molecule has 0 bridgehead atoms. The van der Waals surface area contributed by atoms with Crippen LogP contribution in [0.1, 0.15) is 84.7 Å². The molecular weight excluding hydrogens is 673 g/mol. The highest BCUT2D eigenvalue weighted by Gasteiger charge is 2.17. The van der Waals surface area contributed by atoms with E-state index in [1.807, 2.05) is 27.7 Å². The van der Waals surface area contributed by atoms with Crippen LogP contribution in [0.5, 0.6) is 11.5 Å². The fraction of sp³-hybridized carbons (Fsp3) is 0.316. The summed E-state index contributed by atoms with van der Waals surface area (Å²) in [6.07, 6.45) is 5.88. The van der Waals surface area contributed by atoms with Crippen molar-refractivity contribution in [2.75, 3.05) is 0 Å². The molecular formula is C38H46N4O6S2.